The smallest absolute Gasteiger partial charge is 0.271 e. The molecule has 2 heterocycles. The first kappa shape index (κ1) is 14.1. The minimum Gasteiger partial charge on any atom is -0.382 e. The monoisotopic (exact) mass is 339 g/mol. The van der Waals surface area contributed by atoms with E-state index in [4.69, 9.17) is 17.3 Å². The highest BCUT2D eigenvalue weighted by Gasteiger charge is 2.17. The second kappa shape index (κ2) is 5.47. The first-order valence-electron chi connectivity index (χ1n) is 5.88. The first-order valence-corrected chi connectivity index (χ1v) is 7.89. The van der Waals surface area contributed by atoms with Crippen LogP contribution in [0, 0.1) is 0 Å². The molecular formula is C12H10ClN5OS2. The lowest BCUT2D eigenvalue weighted by Gasteiger charge is -1.98. The highest BCUT2D eigenvalue weighted by atomic mass is 35.5. The molecule has 0 aliphatic carbocycles. The van der Waals surface area contributed by atoms with Crippen LogP contribution >= 0.6 is 34.3 Å². The molecule has 0 bridgehead atoms. The number of hydrogen-bond donors (Lipinski definition) is 3. The van der Waals surface area contributed by atoms with E-state index in [9.17, 15) is 4.79 Å². The molecule has 9 heteroatoms. The Bertz CT molecular complexity index is 828. The van der Waals surface area contributed by atoms with Crippen LogP contribution in [0.15, 0.2) is 18.2 Å². The average molecular weight is 340 g/mol. The van der Waals surface area contributed by atoms with Gasteiger partial charge in [-0.3, -0.25) is 10.1 Å². The van der Waals surface area contributed by atoms with E-state index < -0.39 is 0 Å². The van der Waals surface area contributed by atoms with Gasteiger partial charge in [-0.2, -0.15) is 0 Å². The predicted molar refractivity (Wildman–Crippen MR) is 88.7 cm³/mol. The van der Waals surface area contributed by atoms with Crippen LogP contribution in [0.2, 0.25) is 5.02 Å². The number of nitrogen functional groups attached to an aromatic ring is 1. The number of thiazole rings is 2. The molecule has 0 aliphatic rings. The molecule has 0 aliphatic heterocycles. The molecule has 3 aromatic rings. The molecule has 2 aromatic heterocycles. The number of fused-ring (bicyclic) bond motifs is 1. The van der Waals surface area contributed by atoms with Crippen molar-refractivity contribution in [1.82, 2.24) is 9.97 Å². The number of hydrogen-bond acceptors (Lipinski definition) is 7. The van der Waals surface area contributed by atoms with Crippen LogP contribution in [0.25, 0.3) is 10.2 Å². The Morgan fingerprint density at radius 3 is 2.81 bits per heavy atom. The lowest BCUT2D eigenvalue weighted by molar-refractivity contribution is 0.103. The van der Waals surface area contributed by atoms with Gasteiger partial charge in [0, 0.05) is 12.1 Å². The van der Waals surface area contributed by atoms with Crippen LogP contribution in [0.3, 0.4) is 0 Å². The molecular weight excluding hydrogens is 330 g/mol. The van der Waals surface area contributed by atoms with E-state index in [0.717, 1.165) is 10.2 Å². The summed E-state index contributed by atoms with van der Waals surface area (Å²) in [5.74, 6) is -0.123. The maximum Gasteiger partial charge on any atom is 0.271 e. The zero-order valence-corrected chi connectivity index (χ0v) is 13.2. The number of benzene rings is 1. The summed E-state index contributed by atoms with van der Waals surface area (Å²) in [4.78, 5) is 20.9. The summed E-state index contributed by atoms with van der Waals surface area (Å²) in [7, 11) is 1.72. The number of halogens is 1. The number of nitrogens with one attached hydrogen (secondary N) is 2. The number of carbonyl (C=O) groups is 1. The molecule has 4 N–H and O–H groups in total. The Kier molecular flexibility index (Phi) is 3.66. The fraction of sp³-hybridized carbons (Fsp3) is 0.0833. The summed E-state index contributed by atoms with van der Waals surface area (Å²) < 4.78 is 0.908. The van der Waals surface area contributed by atoms with E-state index in [1.165, 1.54) is 22.7 Å². The van der Waals surface area contributed by atoms with Crippen LogP contribution < -0.4 is 16.4 Å². The Hall–Kier alpha value is -1.90. The van der Waals surface area contributed by atoms with Crippen LogP contribution in [-0.2, 0) is 0 Å². The topological polar surface area (TPSA) is 92.9 Å². The summed E-state index contributed by atoms with van der Waals surface area (Å²) in [6.45, 7) is 0. The van der Waals surface area contributed by atoms with E-state index in [1.54, 1.807) is 13.1 Å². The van der Waals surface area contributed by atoms with Crippen molar-refractivity contribution >= 4 is 66.5 Å². The summed E-state index contributed by atoms with van der Waals surface area (Å²) in [5.41, 5.74) is 6.52. The summed E-state index contributed by atoms with van der Waals surface area (Å²) in [6, 6.07) is 5.38. The lowest BCUT2D eigenvalue weighted by atomic mass is 10.3. The number of carbonyl (C=O) groups excluding carboxylic acids is 1. The normalized spacial score (nSPS) is 10.8. The highest BCUT2D eigenvalue weighted by molar-refractivity contribution is 7.22. The van der Waals surface area contributed by atoms with E-state index in [1.807, 2.05) is 12.1 Å². The molecule has 0 spiro atoms. The summed E-state index contributed by atoms with van der Waals surface area (Å²) in [5, 5.41) is 7.31. The Balaban J connectivity index is 1.87. The Morgan fingerprint density at radius 2 is 2.10 bits per heavy atom. The minimum absolute atomic E-state index is 0.200. The zero-order valence-electron chi connectivity index (χ0n) is 10.8. The molecule has 0 radical (unpaired) electrons. The van der Waals surface area contributed by atoms with Gasteiger partial charge in [0.25, 0.3) is 5.91 Å². The van der Waals surface area contributed by atoms with Crippen molar-refractivity contribution in [2.24, 2.45) is 0 Å². The maximum absolute atomic E-state index is 12.2. The van der Waals surface area contributed by atoms with Crippen LogP contribution in [0.4, 0.5) is 16.1 Å². The van der Waals surface area contributed by atoms with Gasteiger partial charge in [-0.05, 0) is 18.2 Å². The van der Waals surface area contributed by atoms with Gasteiger partial charge in [-0.15, -0.1) is 0 Å². The number of amides is 1. The van der Waals surface area contributed by atoms with Gasteiger partial charge < -0.3 is 11.1 Å². The second-order valence-electron chi connectivity index (χ2n) is 4.07. The van der Waals surface area contributed by atoms with Gasteiger partial charge in [-0.1, -0.05) is 34.3 Å². The first-order chi connectivity index (χ1) is 10.1. The summed E-state index contributed by atoms with van der Waals surface area (Å²) >= 11 is 8.48. The largest absolute Gasteiger partial charge is 0.382 e. The fourth-order valence-corrected chi connectivity index (χ4v) is 3.58. The molecule has 21 heavy (non-hydrogen) atoms. The van der Waals surface area contributed by atoms with E-state index in [2.05, 4.69) is 20.6 Å². The fourth-order valence-electron chi connectivity index (χ4n) is 1.71. The molecule has 108 valence electrons. The van der Waals surface area contributed by atoms with Gasteiger partial charge in [-0.25, -0.2) is 9.97 Å². The second-order valence-corrected chi connectivity index (χ2v) is 6.53. The SMILES string of the molecule is CNc1nc(N)c(C(=O)Nc2nc3ccc(Cl)cc3s2)s1. The third-order valence-electron chi connectivity index (χ3n) is 2.64. The Labute approximate surface area is 133 Å². The van der Waals surface area contributed by atoms with Crippen molar-refractivity contribution in [1.29, 1.82) is 0 Å². The highest BCUT2D eigenvalue weighted by Crippen LogP contribution is 2.30. The molecule has 0 saturated heterocycles. The molecule has 1 aromatic carbocycles. The van der Waals surface area contributed by atoms with Crippen molar-refractivity contribution < 1.29 is 4.79 Å². The zero-order chi connectivity index (χ0) is 15.0. The number of nitrogens with two attached hydrogens (primary N) is 1. The summed E-state index contributed by atoms with van der Waals surface area (Å²) in [6.07, 6.45) is 0. The van der Waals surface area contributed by atoms with Gasteiger partial charge in [0.1, 0.15) is 10.7 Å². The molecule has 0 atom stereocenters. The van der Waals surface area contributed by atoms with Crippen molar-refractivity contribution in [2.75, 3.05) is 23.4 Å². The van der Waals surface area contributed by atoms with Gasteiger partial charge in [0.05, 0.1) is 10.2 Å². The number of nitrogens with zero attached hydrogens (tertiary/aromatic N) is 2. The van der Waals surface area contributed by atoms with Crippen LogP contribution in [0.5, 0.6) is 0 Å². The Morgan fingerprint density at radius 1 is 1.29 bits per heavy atom. The predicted octanol–water partition coefficient (Wildman–Crippen LogP) is 3.28. The third-order valence-corrected chi connectivity index (χ3v) is 4.90. The van der Waals surface area contributed by atoms with Crippen LogP contribution in [-0.4, -0.2) is 22.9 Å². The average Bonchev–Trinajstić information content (AvgIpc) is 3.00. The van der Waals surface area contributed by atoms with E-state index >= 15 is 0 Å². The van der Waals surface area contributed by atoms with Crippen molar-refractivity contribution in [3.8, 4) is 0 Å². The van der Waals surface area contributed by atoms with Gasteiger partial charge >= 0.3 is 0 Å². The standard InChI is InChI=1S/C12H10ClN5OS2/c1-15-11-17-9(14)8(21-11)10(19)18-12-16-6-3-2-5(13)4-7(6)20-12/h2-4H,14H2,1H3,(H,15,17)(H,16,18,19). The quantitative estimate of drug-likeness (QED) is 0.681. The van der Waals surface area contributed by atoms with Gasteiger partial charge in [0.2, 0.25) is 0 Å². The molecule has 0 unspecified atom stereocenters. The minimum atomic E-state index is -0.323. The molecule has 3 rings (SSSR count). The maximum atomic E-state index is 12.2. The van der Waals surface area contributed by atoms with Crippen molar-refractivity contribution in [3.05, 3.63) is 28.1 Å². The lowest BCUT2D eigenvalue weighted by Crippen LogP contribution is -2.11. The molecule has 0 fully saturated rings. The van der Waals surface area contributed by atoms with E-state index in [0.29, 0.717) is 20.2 Å². The number of rotatable bonds is 3. The van der Waals surface area contributed by atoms with E-state index in [-0.39, 0.29) is 11.7 Å². The van der Waals surface area contributed by atoms with Crippen LogP contribution in [0.1, 0.15) is 9.67 Å². The molecule has 0 saturated carbocycles. The number of aromatic nitrogens is 2. The third kappa shape index (κ3) is 2.78. The molecule has 1 amide bonds. The van der Waals surface area contributed by atoms with Crippen molar-refractivity contribution in [2.45, 2.75) is 0 Å². The number of anilines is 3. The molecule has 6 nitrogen and oxygen atoms in total. The van der Waals surface area contributed by atoms with Crippen molar-refractivity contribution in [3.63, 3.8) is 0 Å². The van der Waals surface area contributed by atoms with Gasteiger partial charge in [0.15, 0.2) is 10.3 Å².